The molecule has 5 rings (SSSR count). The summed E-state index contributed by atoms with van der Waals surface area (Å²) in [6.45, 7) is 7.30. The minimum Gasteiger partial charge on any atom is -0.340 e. The average Bonchev–Trinajstić information content (AvgIpc) is 3.39. The fourth-order valence-corrected chi connectivity index (χ4v) is 6.35. The summed E-state index contributed by atoms with van der Waals surface area (Å²) >= 11 is 0. The molecular weight excluding hydrogens is 390 g/mol. The smallest absolute Gasteiger partial charge is 0.272 e. The van der Waals surface area contributed by atoms with E-state index in [9.17, 15) is 9.59 Å². The van der Waals surface area contributed by atoms with Crippen LogP contribution < -0.4 is 0 Å². The van der Waals surface area contributed by atoms with Gasteiger partial charge in [0.25, 0.3) is 5.91 Å². The van der Waals surface area contributed by atoms with Crippen LogP contribution in [0, 0.1) is 18.3 Å². The number of likely N-dealkylation sites (tertiary alicyclic amines) is 1. The Morgan fingerprint density at radius 1 is 0.968 bits per heavy atom. The fourth-order valence-electron chi connectivity index (χ4n) is 6.35. The highest BCUT2D eigenvalue weighted by atomic mass is 16.2. The second-order valence-electron chi connectivity index (χ2n) is 10.4. The van der Waals surface area contributed by atoms with Crippen LogP contribution in [0.3, 0.4) is 0 Å². The first-order valence-corrected chi connectivity index (χ1v) is 12.3. The van der Waals surface area contributed by atoms with Gasteiger partial charge in [-0.15, -0.1) is 0 Å². The minimum atomic E-state index is 0.0697. The van der Waals surface area contributed by atoms with Crippen LogP contribution in [0.4, 0.5) is 0 Å². The average molecular weight is 428 g/mol. The van der Waals surface area contributed by atoms with E-state index in [2.05, 4.69) is 14.9 Å². The molecule has 0 bridgehead atoms. The zero-order valence-corrected chi connectivity index (χ0v) is 19.2. The van der Waals surface area contributed by atoms with E-state index in [1.807, 2.05) is 24.9 Å². The number of hydrogen-bond donors (Lipinski definition) is 0. The molecule has 1 aromatic heterocycles. The van der Waals surface area contributed by atoms with Crippen molar-refractivity contribution in [2.45, 2.75) is 64.3 Å². The predicted molar refractivity (Wildman–Crippen MR) is 119 cm³/mol. The second-order valence-corrected chi connectivity index (χ2v) is 10.4. The summed E-state index contributed by atoms with van der Waals surface area (Å²) in [5.41, 5.74) is 1.68. The van der Waals surface area contributed by atoms with Crippen molar-refractivity contribution in [2.24, 2.45) is 18.4 Å². The molecule has 2 saturated carbocycles. The number of nitrogens with zero attached hydrogens (tertiary/aromatic N) is 5. The number of amides is 2. The van der Waals surface area contributed by atoms with Gasteiger partial charge in [0, 0.05) is 58.3 Å². The fraction of sp³-hybridized carbons (Fsp3) is 0.792. The lowest BCUT2D eigenvalue weighted by atomic mass is 9.90. The number of rotatable bonds is 3. The summed E-state index contributed by atoms with van der Waals surface area (Å²) in [6.07, 6.45) is 9.73. The van der Waals surface area contributed by atoms with E-state index in [0.29, 0.717) is 11.6 Å². The molecule has 7 nitrogen and oxygen atoms in total. The molecule has 0 radical (unpaired) electrons. The zero-order chi connectivity index (χ0) is 21.6. The topological polar surface area (TPSA) is 61.7 Å². The van der Waals surface area contributed by atoms with E-state index in [1.54, 1.807) is 4.68 Å². The van der Waals surface area contributed by atoms with Gasteiger partial charge in [-0.25, -0.2) is 0 Å². The summed E-state index contributed by atoms with van der Waals surface area (Å²) in [6, 6.07) is 2.62. The van der Waals surface area contributed by atoms with Gasteiger partial charge < -0.3 is 9.80 Å². The molecule has 1 spiro atoms. The van der Waals surface area contributed by atoms with E-state index in [0.717, 1.165) is 70.3 Å². The maximum absolute atomic E-state index is 13.2. The Hall–Kier alpha value is -1.89. The van der Waals surface area contributed by atoms with E-state index >= 15 is 0 Å². The lowest BCUT2D eigenvalue weighted by molar-refractivity contribution is -0.136. The monoisotopic (exact) mass is 427 g/mol. The van der Waals surface area contributed by atoms with Crippen LogP contribution in [0.15, 0.2) is 6.07 Å². The van der Waals surface area contributed by atoms with Crippen molar-refractivity contribution in [3.05, 3.63) is 17.5 Å². The molecule has 4 fully saturated rings. The Labute approximate surface area is 185 Å². The summed E-state index contributed by atoms with van der Waals surface area (Å²) in [7, 11) is 1.83. The third kappa shape index (κ3) is 4.01. The van der Waals surface area contributed by atoms with E-state index in [-0.39, 0.29) is 17.2 Å². The Morgan fingerprint density at radius 2 is 1.65 bits per heavy atom. The van der Waals surface area contributed by atoms with Crippen molar-refractivity contribution >= 4 is 11.8 Å². The maximum atomic E-state index is 13.2. The van der Waals surface area contributed by atoms with Crippen molar-refractivity contribution in [1.29, 1.82) is 0 Å². The van der Waals surface area contributed by atoms with Crippen molar-refractivity contribution in [2.75, 3.05) is 39.3 Å². The van der Waals surface area contributed by atoms with Crippen LogP contribution in [0.1, 0.15) is 67.5 Å². The van der Waals surface area contributed by atoms with Crippen molar-refractivity contribution < 1.29 is 9.59 Å². The van der Waals surface area contributed by atoms with Crippen LogP contribution in [-0.2, 0) is 11.8 Å². The SMILES string of the molecule is Cc1cc(C(=O)N2CCC3(CC2)CC3C(=O)N2CCN(C3CCCCC3)CC2)n(C)n1. The third-order valence-corrected chi connectivity index (χ3v) is 8.47. The summed E-state index contributed by atoms with van der Waals surface area (Å²) in [4.78, 5) is 32.8. The number of piperazine rings is 1. The van der Waals surface area contributed by atoms with Crippen molar-refractivity contribution in [3.8, 4) is 0 Å². The molecule has 170 valence electrons. The maximum Gasteiger partial charge on any atom is 0.272 e. The molecule has 2 saturated heterocycles. The molecule has 0 aromatic carbocycles. The molecule has 0 N–H and O–H groups in total. The number of carbonyl (C=O) groups excluding carboxylic acids is 2. The largest absolute Gasteiger partial charge is 0.340 e. The minimum absolute atomic E-state index is 0.0697. The molecule has 1 aromatic rings. The highest BCUT2D eigenvalue weighted by molar-refractivity contribution is 5.93. The van der Waals surface area contributed by atoms with Gasteiger partial charge in [-0.3, -0.25) is 19.2 Å². The van der Waals surface area contributed by atoms with E-state index < -0.39 is 0 Å². The van der Waals surface area contributed by atoms with Gasteiger partial charge in [0.2, 0.25) is 5.91 Å². The summed E-state index contributed by atoms with van der Waals surface area (Å²) < 4.78 is 1.68. The number of hydrogen-bond acceptors (Lipinski definition) is 4. The van der Waals surface area contributed by atoms with Crippen molar-refractivity contribution in [1.82, 2.24) is 24.5 Å². The van der Waals surface area contributed by atoms with Gasteiger partial charge in [-0.2, -0.15) is 5.10 Å². The first kappa shape index (κ1) is 21.0. The van der Waals surface area contributed by atoms with Crippen LogP contribution in [0.25, 0.3) is 0 Å². The van der Waals surface area contributed by atoms with Gasteiger partial charge >= 0.3 is 0 Å². The Balaban J connectivity index is 1.11. The second kappa shape index (κ2) is 8.23. The quantitative estimate of drug-likeness (QED) is 0.743. The Bertz CT molecular complexity index is 827. The molecule has 1 atom stereocenters. The molecule has 4 aliphatic rings. The number of piperidine rings is 1. The molecule has 2 amide bonds. The van der Waals surface area contributed by atoms with Gasteiger partial charge in [-0.1, -0.05) is 19.3 Å². The molecular formula is C24H37N5O2. The molecule has 1 unspecified atom stereocenters. The standard InChI is InChI=1S/C24H37N5O2/c1-18-16-21(26(2)25-18)23(31)28-10-8-24(9-11-28)17-20(24)22(30)29-14-12-27(13-15-29)19-6-4-3-5-7-19/h16,19-20H,3-15,17H2,1-2H3. The lowest BCUT2D eigenvalue weighted by Gasteiger charge is -2.41. The number of aryl methyl sites for hydroxylation is 2. The lowest BCUT2D eigenvalue weighted by Crippen LogP contribution is -2.53. The van der Waals surface area contributed by atoms with E-state index in [1.165, 1.54) is 32.1 Å². The van der Waals surface area contributed by atoms with Crippen LogP contribution >= 0.6 is 0 Å². The highest BCUT2D eigenvalue weighted by Crippen LogP contribution is 2.60. The first-order valence-electron chi connectivity index (χ1n) is 12.3. The molecule has 3 heterocycles. The number of carbonyl (C=O) groups is 2. The van der Waals surface area contributed by atoms with E-state index in [4.69, 9.17) is 0 Å². The van der Waals surface area contributed by atoms with Crippen LogP contribution in [-0.4, -0.2) is 81.6 Å². The summed E-state index contributed by atoms with van der Waals surface area (Å²) in [5, 5.41) is 4.31. The van der Waals surface area contributed by atoms with Crippen LogP contribution in [0.2, 0.25) is 0 Å². The zero-order valence-electron chi connectivity index (χ0n) is 19.2. The van der Waals surface area contributed by atoms with Gasteiger partial charge in [0.05, 0.1) is 5.69 Å². The predicted octanol–water partition coefficient (Wildman–Crippen LogP) is 2.45. The Kier molecular flexibility index (Phi) is 5.57. The molecule has 2 aliphatic heterocycles. The van der Waals surface area contributed by atoms with Gasteiger partial charge in [-0.05, 0) is 50.5 Å². The summed E-state index contributed by atoms with van der Waals surface area (Å²) in [5.74, 6) is 0.635. The number of aromatic nitrogens is 2. The van der Waals surface area contributed by atoms with Crippen LogP contribution in [0.5, 0.6) is 0 Å². The van der Waals surface area contributed by atoms with Gasteiger partial charge in [0.1, 0.15) is 5.69 Å². The normalized spacial score (nSPS) is 27.0. The molecule has 2 aliphatic carbocycles. The van der Waals surface area contributed by atoms with Crippen molar-refractivity contribution in [3.63, 3.8) is 0 Å². The molecule has 7 heteroatoms. The third-order valence-electron chi connectivity index (χ3n) is 8.47. The highest BCUT2D eigenvalue weighted by Gasteiger charge is 2.59. The molecule has 31 heavy (non-hydrogen) atoms. The Morgan fingerprint density at radius 3 is 2.26 bits per heavy atom. The van der Waals surface area contributed by atoms with Gasteiger partial charge in [0.15, 0.2) is 0 Å². The first-order chi connectivity index (χ1) is 15.0.